The number of thiophene rings is 1. The molecular formula is C5H6O3PS. The average Bonchev–Trinajstić information content (AvgIpc) is 2.11. The Morgan fingerprint density at radius 3 is 2.40 bits per heavy atom. The Morgan fingerprint density at radius 1 is 1.60 bits per heavy atom. The highest BCUT2D eigenvalue weighted by Crippen LogP contribution is 2.34. The second-order valence-electron chi connectivity index (χ2n) is 1.82. The molecule has 0 aromatic carbocycles. The summed E-state index contributed by atoms with van der Waals surface area (Å²) in [6, 6.07) is 1.39. The van der Waals surface area contributed by atoms with Crippen molar-refractivity contribution in [2.45, 2.75) is 0 Å². The minimum atomic E-state index is -4.03. The topological polar surface area (TPSA) is 57.5 Å². The normalized spacial score (nSPS) is 11.9. The molecule has 0 unspecified atom stereocenters. The van der Waals surface area contributed by atoms with Crippen LogP contribution in [-0.4, -0.2) is 9.79 Å². The predicted molar refractivity (Wildman–Crippen MR) is 40.5 cm³/mol. The van der Waals surface area contributed by atoms with Gasteiger partial charge >= 0.3 is 7.60 Å². The molecule has 3 nitrogen and oxygen atoms in total. The van der Waals surface area contributed by atoms with E-state index in [4.69, 9.17) is 9.79 Å². The van der Waals surface area contributed by atoms with Gasteiger partial charge in [-0.3, -0.25) is 4.57 Å². The van der Waals surface area contributed by atoms with Crippen LogP contribution in [0.15, 0.2) is 11.4 Å². The van der Waals surface area contributed by atoms with Crippen LogP contribution in [0.2, 0.25) is 0 Å². The van der Waals surface area contributed by atoms with Crippen LogP contribution >= 0.6 is 18.9 Å². The third-order valence-corrected chi connectivity index (χ3v) is 2.87. The van der Waals surface area contributed by atoms with Gasteiger partial charge in [-0.15, -0.1) is 11.3 Å². The second-order valence-corrected chi connectivity index (χ2v) is 4.42. The van der Waals surface area contributed by atoms with E-state index in [-0.39, 0.29) is 5.30 Å². The molecule has 0 bridgehead atoms. The van der Waals surface area contributed by atoms with Gasteiger partial charge in [0.05, 0.1) is 5.30 Å². The monoisotopic (exact) mass is 177 g/mol. The summed E-state index contributed by atoms with van der Waals surface area (Å²) < 4.78 is 10.5. The molecule has 1 aromatic rings. The molecular weight excluding hydrogens is 171 g/mol. The first kappa shape index (κ1) is 7.95. The fraction of sp³-hybridized carbons (Fsp3) is 0. The van der Waals surface area contributed by atoms with Gasteiger partial charge in [-0.05, 0) is 13.0 Å². The van der Waals surface area contributed by atoms with Gasteiger partial charge in [0.2, 0.25) is 0 Å². The smallest absolute Gasteiger partial charge is 0.321 e. The van der Waals surface area contributed by atoms with Crippen molar-refractivity contribution in [1.29, 1.82) is 0 Å². The Hall–Kier alpha value is -0.150. The molecule has 1 heterocycles. The lowest BCUT2D eigenvalue weighted by molar-refractivity contribution is 0.387. The molecule has 0 amide bonds. The fourth-order valence-corrected chi connectivity index (χ4v) is 2.18. The summed E-state index contributed by atoms with van der Waals surface area (Å²) >= 11 is 1.23. The summed E-state index contributed by atoms with van der Waals surface area (Å²) in [4.78, 5) is 17.8. The lowest BCUT2D eigenvalue weighted by Gasteiger charge is -1.96. The zero-order valence-electron chi connectivity index (χ0n) is 5.02. The molecule has 0 spiro atoms. The maximum absolute atomic E-state index is 10.5. The van der Waals surface area contributed by atoms with Crippen LogP contribution in [0.4, 0.5) is 0 Å². The average molecular weight is 177 g/mol. The van der Waals surface area contributed by atoms with E-state index in [9.17, 15) is 4.57 Å². The summed E-state index contributed by atoms with van der Waals surface area (Å²) in [6.07, 6.45) is 0. The summed E-state index contributed by atoms with van der Waals surface area (Å²) in [6.45, 7) is 3.53. The van der Waals surface area contributed by atoms with Gasteiger partial charge in [0.25, 0.3) is 0 Å². The first-order valence-electron chi connectivity index (χ1n) is 2.47. The Balaban J connectivity index is 3.08. The zero-order valence-corrected chi connectivity index (χ0v) is 6.73. The first-order chi connectivity index (χ1) is 4.50. The van der Waals surface area contributed by atoms with Crippen LogP contribution < -0.4 is 5.30 Å². The highest BCUT2D eigenvalue weighted by Gasteiger charge is 2.17. The summed E-state index contributed by atoms with van der Waals surface area (Å²) in [5.41, 5.74) is 0. The molecule has 1 radical (unpaired) electrons. The van der Waals surface area contributed by atoms with E-state index in [0.29, 0.717) is 4.88 Å². The lowest BCUT2D eigenvalue weighted by Crippen LogP contribution is -1.97. The summed E-state index contributed by atoms with van der Waals surface area (Å²) in [5, 5.41) is 1.48. The van der Waals surface area contributed by atoms with Crippen molar-refractivity contribution in [3.8, 4) is 0 Å². The number of hydrogen-bond donors (Lipinski definition) is 2. The molecule has 0 fully saturated rings. The Bertz CT molecular complexity index is 274. The van der Waals surface area contributed by atoms with Crippen LogP contribution in [0.25, 0.3) is 0 Å². The number of hydrogen-bond acceptors (Lipinski definition) is 2. The largest absolute Gasteiger partial charge is 0.357 e. The molecule has 55 valence electrons. The molecule has 0 saturated heterocycles. The third-order valence-electron chi connectivity index (χ3n) is 0.976. The van der Waals surface area contributed by atoms with E-state index in [1.807, 2.05) is 0 Å². The molecule has 0 aliphatic carbocycles. The molecule has 1 rings (SSSR count). The molecule has 0 aliphatic heterocycles. The van der Waals surface area contributed by atoms with Crippen molar-refractivity contribution < 1.29 is 14.4 Å². The molecule has 1 aromatic heterocycles. The van der Waals surface area contributed by atoms with E-state index in [1.165, 1.54) is 22.8 Å². The SMILES string of the molecule is [CH2]c1cc(P(=O)(O)O)cs1. The summed E-state index contributed by atoms with van der Waals surface area (Å²) in [7, 11) is -4.03. The van der Waals surface area contributed by atoms with Gasteiger partial charge in [0.15, 0.2) is 0 Å². The minimum absolute atomic E-state index is 0.0579. The molecule has 5 heteroatoms. The maximum Gasteiger partial charge on any atom is 0.357 e. The van der Waals surface area contributed by atoms with Crippen molar-refractivity contribution in [2.24, 2.45) is 0 Å². The first-order valence-corrected chi connectivity index (χ1v) is 4.96. The Morgan fingerprint density at radius 2 is 2.20 bits per heavy atom. The maximum atomic E-state index is 10.5. The molecule has 0 aliphatic rings. The van der Waals surface area contributed by atoms with Crippen LogP contribution in [0.1, 0.15) is 4.88 Å². The molecule has 2 N–H and O–H groups in total. The van der Waals surface area contributed by atoms with E-state index in [2.05, 4.69) is 6.92 Å². The van der Waals surface area contributed by atoms with Crippen molar-refractivity contribution >= 4 is 24.2 Å². The van der Waals surface area contributed by atoms with Gasteiger partial charge < -0.3 is 9.79 Å². The van der Waals surface area contributed by atoms with Gasteiger partial charge in [-0.25, -0.2) is 0 Å². The summed E-state index contributed by atoms with van der Waals surface area (Å²) in [5.74, 6) is 0. The van der Waals surface area contributed by atoms with Crippen LogP contribution in [-0.2, 0) is 4.57 Å². The quantitative estimate of drug-likeness (QED) is 0.622. The van der Waals surface area contributed by atoms with Crippen molar-refractivity contribution in [3.05, 3.63) is 23.2 Å². The number of rotatable bonds is 1. The molecule has 10 heavy (non-hydrogen) atoms. The van der Waals surface area contributed by atoms with Crippen LogP contribution in [0, 0.1) is 6.92 Å². The van der Waals surface area contributed by atoms with Gasteiger partial charge in [0.1, 0.15) is 0 Å². The fourth-order valence-electron chi connectivity index (χ4n) is 0.522. The van der Waals surface area contributed by atoms with E-state index in [1.54, 1.807) is 0 Å². The van der Waals surface area contributed by atoms with Crippen molar-refractivity contribution in [2.75, 3.05) is 0 Å². The zero-order chi connectivity index (χ0) is 7.78. The molecule has 0 atom stereocenters. The second kappa shape index (κ2) is 2.47. The standard InChI is InChI=1S/C5H6O3PS/c1-4-2-5(3-10-4)9(6,7)8/h2-3H,1H2,(H2,6,7,8). The van der Waals surface area contributed by atoms with Gasteiger partial charge in [-0.1, -0.05) is 0 Å². The van der Waals surface area contributed by atoms with E-state index >= 15 is 0 Å². The van der Waals surface area contributed by atoms with E-state index < -0.39 is 7.60 Å². The molecule has 0 saturated carbocycles. The Kier molecular flexibility index (Phi) is 1.97. The highest BCUT2D eigenvalue weighted by atomic mass is 32.1. The van der Waals surface area contributed by atoms with Crippen molar-refractivity contribution in [3.63, 3.8) is 0 Å². The third kappa shape index (κ3) is 1.67. The lowest BCUT2D eigenvalue weighted by atomic mass is 10.5. The Labute approximate surface area is 62.5 Å². The van der Waals surface area contributed by atoms with Gasteiger partial charge in [0, 0.05) is 10.3 Å². The van der Waals surface area contributed by atoms with Gasteiger partial charge in [-0.2, -0.15) is 0 Å². The minimum Gasteiger partial charge on any atom is -0.321 e. The van der Waals surface area contributed by atoms with Crippen LogP contribution in [0.3, 0.4) is 0 Å². The predicted octanol–water partition coefficient (Wildman–Crippen LogP) is 0.733. The van der Waals surface area contributed by atoms with Crippen molar-refractivity contribution in [1.82, 2.24) is 0 Å². The van der Waals surface area contributed by atoms with Crippen LogP contribution in [0.5, 0.6) is 0 Å². The highest BCUT2D eigenvalue weighted by molar-refractivity contribution is 7.60. The van der Waals surface area contributed by atoms with E-state index in [0.717, 1.165) is 0 Å².